The Kier molecular flexibility index (Phi) is 5.49. The predicted molar refractivity (Wildman–Crippen MR) is 103 cm³/mol. The van der Waals surface area contributed by atoms with Crippen LogP contribution in [0.1, 0.15) is 29.3 Å². The highest BCUT2D eigenvalue weighted by molar-refractivity contribution is 6.03. The minimum absolute atomic E-state index is 0.0333. The van der Waals surface area contributed by atoms with Crippen LogP contribution in [0, 0.1) is 0 Å². The van der Waals surface area contributed by atoms with Crippen LogP contribution in [0.2, 0.25) is 0 Å². The van der Waals surface area contributed by atoms with Crippen molar-refractivity contribution in [3.63, 3.8) is 0 Å². The summed E-state index contributed by atoms with van der Waals surface area (Å²) >= 11 is 0. The molecule has 2 N–H and O–H groups in total. The zero-order valence-corrected chi connectivity index (χ0v) is 14.5. The Morgan fingerprint density at radius 1 is 1.15 bits per heavy atom. The highest BCUT2D eigenvalue weighted by Crippen LogP contribution is 2.26. The van der Waals surface area contributed by atoms with Gasteiger partial charge < -0.3 is 9.84 Å². The van der Waals surface area contributed by atoms with Crippen molar-refractivity contribution in [2.75, 3.05) is 6.61 Å². The number of phenolic OH excluding ortho intramolecular Hbond substituents is 1. The van der Waals surface area contributed by atoms with Gasteiger partial charge in [-0.15, -0.1) is 0 Å². The first kappa shape index (κ1) is 17.5. The highest BCUT2D eigenvalue weighted by atomic mass is 16.5. The van der Waals surface area contributed by atoms with Gasteiger partial charge in [-0.05, 0) is 41.5 Å². The second kappa shape index (κ2) is 8.16. The first-order valence-electron chi connectivity index (χ1n) is 8.46. The Labute approximate surface area is 151 Å². The molecule has 0 atom stereocenters. The van der Waals surface area contributed by atoms with Crippen LogP contribution in [-0.4, -0.2) is 23.8 Å². The number of phenols is 1. The maximum absolute atomic E-state index is 12.1. The molecule has 0 heterocycles. The molecule has 3 aromatic carbocycles. The Bertz CT molecular complexity index is 951. The summed E-state index contributed by atoms with van der Waals surface area (Å²) in [5.41, 5.74) is 3.63. The fourth-order valence-corrected chi connectivity index (χ4v) is 2.61. The van der Waals surface area contributed by atoms with Crippen LogP contribution in [0.15, 0.2) is 65.8 Å². The first-order chi connectivity index (χ1) is 12.7. The lowest BCUT2D eigenvalue weighted by atomic mass is 10.0. The third kappa shape index (κ3) is 4.00. The van der Waals surface area contributed by atoms with Crippen LogP contribution in [0.25, 0.3) is 10.8 Å². The van der Waals surface area contributed by atoms with Crippen molar-refractivity contribution in [1.82, 2.24) is 5.43 Å². The summed E-state index contributed by atoms with van der Waals surface area (Å²) < 4.78 is 5.82. The standard InChI is InChI=1S/C21H20N2O3/c1-2-12-26-20-11-10-15-6-3-4-9-18(15)19(20)14-22-23-21(25)16-7-5-8-17(24)13-16/h3-11,13-14,24H,2,12H2,1H3,(H,23,25). The van der Waals surface area contributed by atoms with Gasteiger partial charge in [-0.2, -0.15) is 5.10 Å². The minimum atomic E-state index is -0.395. The number of carbonyl (C=O) groups excluding carboxylic acids is 1. The molecule has 0 radical (unpaired) electrons. The molecule has 0 spiro atoms. The molecule has 5 heteroatoms. The molecule has 0 aliphatic heterocycles. The SMILES string of the molecule is CCCOc1ccc2ccccc2c1C=NNC(=O)c1cccc(O)c1. The number of amides is 1. The number of fused-ring (bicyclic) bond motifs is 1. The van der Waals surface area contributed by atoms with Crippen LogP contribution in [-0.2, 0) is 0 Å². The molecule has 1 amide bonds. The molecule has 0 saturated heterocycles. The van der Waals surface area contributed by atoms with Gasteiger partial charge in [0.05, 0.1) is 12.8 Å². The number of hydrogen-bond donors (Lipinski definition) is 2. The molecule has 0 bridgehead atoms. The van der Waals surface area contributed by atoms with Gasteiger partial charge in [0, 0.05) is 11.1 Å². The molecule has 0 saturated carbocycles. The average molecular weight is 348 g/mol. The van der Waals surface area contributed by atoms with E-state index in [0.717, 1.165) is 28.5 Å². The van der Waals surface area contributed by atoms with Crippen molar-refractivity contribution < 1.29 is 14.6 Å². The van der Waals surface area contributed by atoms with Crippen LogP contribution >= 0.6 is 0 Å². The van der Waals surface area contributed by atoms with E-state index in [4.69, 9.17) is 4.74 Å². The molecule has 5 nitrogen and oxygen atoms in total. The van der Waals surface area contributed by atoms with E-state index in [1.165, 1.54) is 12.1 Å². The van der Waals surface area contributed by atoms with Gasteiger partial charge in [0.1, 0.15) is 11.5 Å². The quantitative estimate of drug-likeness (QED) is 0.520. The second-order valence-corrected chi connectivity index (χ2v) is 5.80. The van der Waals surface area contributed by atoms with Gasteiger partial charge in [-0.25, -0.2) is 5.43 Å². The Balaban J connectivity index is 1.86. The molecule has 0 unspecified atom stereocenters. The molecule has 132 valence electrons. The van der Waals surface area contributed by atoms with Gasteiger partial charge in [-0.1, -0.05) is 43.3 Å². The molecule has 3 rings (SSSR count). The molecular weight excluding hydrogens is 328 g/mol. The van der Waals surface area contributed by atoms with Crippen molar-refractivity contribution in [1.29, 1.82) is 0 Å². The number of ether oxygens (including phenoxy) is 1. The summed E-state index contributed by atoms with van der Waals surface area (Å²) in [6, 6.07) is 18.0. The topological polar surface area (TPSA) is 70.9 Å². The molecule has 0 aromatic heterocycles. The highest BCUT2D eigenvalue weighted by Gasteiger charge is 2.08. The van der Waals surface area contributed by atoms with Crippen molar-refractivity contribution >= 4 is 22.9 Å². The smallest absolute Gasteiger partial charge is 0.271 e. The third-order valence-corrected chi connectivity index (χ3v) is 3.86. The van der Waals surface area contributed by atoms with Gasteiger partial charge >= 0.3 is 0 Å². The van der Waals surface area contributed by atoms with E-state index in [2.05, 4.69) is 10.5 Å². The largest absolute Gasteiger partial charge is 0.508 e. The minimum Gasteiger partial charge on any atom is -0.508 e. The number of rotatable bonds is 6. The van der Waals surface area contributed by atoms with E-state index in [9.17, 15) is 9.90 Å². The Morgan fingerprint density at radius 3 is 2.81 bits per heavy atom. The van der Waals surface area contributed by atoms with E-state index in [1.807, 2.05) is 43.3 Å². The fourth-order valence-electron chi connectivity index (χ4n) is 2.61. The third-order valence-electron chi connectivity index (χ3n) is 3.86. The maximum atomic E-state index is 12.1. The van der Waals surface area contributed by atoms with E-state index in [1.54, 1.807) is 18.3 Å². The number of aromatic hydroxyl groups is 1. The van der Waals surface area contributed by atoms with E-state index in [0.29, 0.717) is 12.2 Å². The number of nitrogens with one attached hydrogen (secondary N) is 1. The van der Waals surface area contributed by atoms with Crippen molar-refractivity contribution in [3.05, 3.63) is 71.8 Å². The van der Waals surface area contributed by atoms with Gasteiger partial charge in [0.2, 0.25) is 0 Å². The van der Waals surface area contributed by atoms with Gasteiger partial charge in [0.25, 0.3) is 5.91 Å². The van der Waals surface area contributed by atoms with Crippen molar-refractivity contribution in [2.45, 2.75) is 13.3 Å². The van der Waals surface area contributed by atoms with Crippen LogP contribution in [0.5, 0.6) is 11.5 Å². The zero-order valence-electron chi connectivity index (χ0n) is 14.5. The number of hydrazone groups is 1. The summed E-state index contributed by atoms with van der Waals surface area (Å²) in [7, 11) is 0. The maximum Gasteiger partial charge on any atom is 0.271 e. The second-order valence-electron chi connectivity index (χ2n) is 5.80. The van der Waals surface area contributed by atoms with Crippen LogP contribution in [0.3, 0.4) is 0 Å². The van der Waals surface area contributed by atoms with E-state index < -0.39 is 5.91 Å². The number of nitrogens with zero attached hydrogens (tertiary/aromatic N) is 1. The fraction of sp³-hybridized carbons (Fsp3) is 0.143. The lowest BCUT2D eigenvalue weighted by Gasteiger charge is -2.11. The summed E-state index contributed by atoms with van der Waals surface area (Å²) in [6.45, 7) is 2.65. The molecule has 26 heavy (non-hydrogen) atoms. The summed E-state index contributed by atoms with van der Waals surface area (Å²) in [5.74, 6) is 0.361. The first-order valence-corrected chi connectivity index (χ1v) is 8.46. The van der Waals surface area contributed by atoms with Gasteiger partial charge in [-0.3, -0.25) is 4.79 Å². The average Bonchev–Trinajstić information content (AvgIpc) is 2.67. The number of benzene rings is 3. The molecule has 3 aromatic rings. The lowest BCUT2D eigenvalue weighted by molar-refractivity contribution is 0.0954. The van der Waals surface area contributed by atoms with Crippen LogP contribution in [0.4, 0.5) is 0 Å². The molecule has 0 aliphatic carbocycles. The summed E-state index contributed by atoms with van der Waals surface area (Å²) in [6.07, 6.45) is 2.49. The normalized spacial score (nSPS) is 11.0. The Morgan fingerprint density at radius 2 is 2.00 bits per heavy atom. The Hall–Kier alpha value is -3.34. The summed E-state index contributed by atoms with van der Waals surface area (Å²) in [5, 5.41) is 15.6. The zero-order chi connectivity index (χ0) is 18.4. The summed E-state index contributed by atoms with van der Waals surface area (Å²) in [4.78, 5) is 12.1. The van der Waals surface area contributed by atoms with E-state index in [-0.39, 0.29) is 5.75 Å². The monoisotopic (exact) mass is 348 g/mol. The van der Waals surface area contributed by atoms with Crippen LogP contribution < -0.4 is 10.2 Å². The van der Waals surface area contributed by atoms with E-state index >= 15 is 0 Å². The molecule has 0 aliphatic rings. The van der Waals surface area contributed by atoms with Gasteiger partial charge in [0.15, 0.2) is 0 Å². The molecular formula is C21H20N2O3. The predicted octanol–water partition coefficient (Wildman–Crippen LogP) is 4.10. The lowest BCUT2D eigenvalue weighted by Crippen LogP contribution is -2.17. The van der Waals surface area contributed by atoms with Crippen molar-refractivity contribution in [3.8, 4) is 11.5 Å². The number of carbonyl (C=O) groups is 1. The molecule has 0 fully saturated rings. The number of hydrogen-bond acceptors (Lipinski definition) is 4. The van der Waals surface area contributed by atoms with Crippen molar-refractivity contribution in [2.24, 2.45) is 5.10 Å².